The summed E-state index contributed by atoms with van der Waals surface area (Å²) in [6.45, 7) is 2.40. The molecule has 0 radical (unpaired) electrons. The molecule has 2 aromatic rings. The summed E-state index contributed by atoms with van der Waals surface area (Å²) in [7, 11) is 1.66. The van der Waals surface area contributed by atoms with E-state index in [1.165, 1.54) is 0 Å². The summed E-state index contributed by atoms with van der Waals surface area (Å²) in [6, 6.07) is 5.14. The van der Waals surface area contributed by atoms with Gasteiger partial charge >= 0.3 is 5.69 Å². The Morgan fingerprint density at radius 1 is 1.42 bits per heavy atom. The highest BCUT2D eigenvalue weighted by atomic mass is 32.1. The molecule has 19 heavy (non-hydrogen) atoms. The van der Waals surface area contributed by atoms with Crippen LogP contribution in [0.1, 0.15) is 10.7 Å². The topological polar surface area (TPSA) is 80.1 Å². The van der Waals surface area contributed by atoms with Crippen molar-refractivity contribution in [3.05, 3.63) is 44.4 Å². The van der Waals surface area contributed by atoms with E-state index in [2.05, 4.69) is 15.6 Å². The van der Waals surface area contributed by atoms with Crippen molar-refractivity contribution in [3.8, 4) is 0 Å². The number of rotatable bonds is 5. The maximum atomic E-state index is 11.1. The molecule has 100 valence electrons. The van der Waals surface area contributed by atoms with Gasteiger partial charge in [-0.2, -0.15) is 0 Å². The number of nitrogens with zero attached hydrogens (tertiary/aromatic N) is 2. The molecule has 1 heterocycles. The zero-order valence-electron chi connectivity index (χ0n) is 10.6. The molecule has 0 unspecified atom stereocenters. The van der Waals surface area contributed by atoms with Crippen molar-refractivity contribution in [2.75, 3.05) is 17.7 Å². The maximum Gasteiger partial charge on any atom is 0.315 e. The quantitative estimate of drug-likeness (QED) is 0.649. The van der Waals surface area contributed by atoms with Crippen LogP contribution in [0.2, 0.25) is 0 Å². The molecule has 0 bridgehead atoms. The van der Waals surface area contributed by atoms with Crippen LogP contribution in [0.25, 0.3) is 0 Å². The highest BCUT2D eigenvalue weighted by molar-refractivity contribution is 7.09. The number of aromatic nitrogens is 1. The Balaban J connectivity index is 2.22. The summed E-state index contributed by atoms with van der Waals surface area (Å²) in [5, 5.41) is 19.9. The third-order valence-corrected chi connectivity index (χ3v) is 3.44. The number of hydrogen-bond donors (Lipinski definition) is 2. The highest BCUT2D eigenvalue weighted by Crippen LogP contribution is 2.32. The smallest absolute Gasteiger partial charge is 0.315 e. The monoisotopic (exact) mass is 278 g/mol. The van der Waals surface area contributed by atoms with Gasteiger partial charge in [0.15, 0.2) is 0 Å². The van der Waals surface area contributed by atoms with Crippen molar-refractivity contribution in [1.82, 2.24) is 4.98 Å². The number of nitro benzene ring substituents is 1. The zero-order chi connectivity index (χ0) is 13.8. The van der Waals surface area contributed by atoms with Crippen LogP contribution >= 0.6 is 11.3 Å². The normalized spacial score (nSPS) is 10.2. The molecule has 0 aliphatic carbocycles. The van der Waals surface area contributed by atoms with Gasteiger partial charge in [-0.25, -0.2) is 4.98 Å². The summed E-state index contributed by atoms with van der Waals surface area (Å²) in [4.78, 5) is 15.1. The van der Waals surface area contributed by atoms with Gasteiger partial charge < -0.3 is 10.6 Å². The van der Waals surface area contributed by atoms with Crippen molar-refractivity contribution in [1.29, 1.82) is 0 Å². The number of benzene rings is 1. The molecule has 0 fully saturated rings. The third-order valence-electron chi connectivity index (χ3n) is 2.61. The maximum absolute atomic E-state index is 11.1. The third kappa shape index (κ3) is 3.00. The summed E-state index contributed by atoms with van der Waals surface area (Å²) in [5.74, 6) is 0. The molecule has 0 aliphatic heterocycles. The Labute approximate surface area is 114 Å². The van der Waals surface area contributed by atoms with Crippen LogP contribution in [-0.2, 0) is 6.54 Å². The van der Waals surface area contributed by atoms with E-state index < -0.39 is 0 Å². The van der Waals surface area contributed by atoms with E-state index in [9.17, 15) is 10.1 Å². The van der Waals surface area contributed by atoms with Crippen molar-refractivity contribution in [2.45, 2.75) is 13.5 Å². The number of nitrogens with one attached hydrogen (secondary N) is 2. The molecule has 0 saturated carbocycles. The van der Waals surface area contributed by atoms with Crippen molar-refractivity contribution in [2.24, 2.45) is 0 Å². The molecule has 0 amide bonds. The minimum Gasteiger partial charge on any atom is -0.382 e. The Morgan fingerprint density at radius 3 is 2.74 bits per heavy atom. The molecule has 0 atom stereocenters. The lowest BCUT2D eigenvalue weighted by atomic mass is 10.2. The van der Waals surface area contributed by atoms with E-state index in [1.807, 2.05) is 12.3 Å². The molecular formula is C12H14N4O2S. The lowest BCUT2D eigenvalue weighted by molar-refractivity contribution is -0.383. The molecule has 6 nitrogen and oxygen atoms in total. The van der Waals surface area contributed by atoms with Gasteiger partial charge in [0.25, 0.3) is 0 Å². The molecule has 1 aromatic heterocycles. The first-order chi connectivity index (χ1) is 9.11. The van der Waals surface area contributed by atoms with Crippen LogP contribution in [0.4, 0.5) is 17.1 Å². The minimum atomic E-state index is -0.388. The molecule has 2 rings (SSSR count). The second-order valence-electron chi connectivity index (χ2n) is 3.92. The molecule has 1 aromatic carbocycles. The average Bonchev–Trinajstić information content (AvgIpc) is 2.81. The van der Waals surface area contributed by atoms with Crippen molar-refractivity contribution >= 4 is 28.4 Å². The second-order valence-corrected chi connectivity index (χ2v) is 4.98. The van der Waals surface area contributed by atoms with Crippen molar-refractivity contribution < 1.29 is 4.92 Å². The summed E-state index contributed by atoms with van der Waals surface area (Å²) >= 11 is 1.56. The molecule has 0 saturated heterocycles. The zero-order valence-corrected chi connectivity index (χ0v) is 11.5. The molecular weight excluding hydrogens is 264 g/mol. The van der Waals surface area contributed by atoms with Crippen molar-refractivity contribution in [3.63, 3.8) is 0 Å². The number of anilines is 2. The fourth-order valence-electron chi connectivity index (χ4n) is 1.76. The van der Waals surface area contributed by atoms with Crippen LogP contribution in [0.15, 0.2) is 23.6 Å². The first kappa shape index (κ1) is 13.3. The standard InChI is InChI=1S/C12H14N4O2S/c1-8-15-9(7-19-8)6-14-11-5-3-4-10(13-2)12(11)16(17)18/h3-5,7,13-14H,6H2,1-2H3. The van der Waals surface area contributed by atoms with E-state index in [0.717, 1.165) is 10.7 Å². The van der Waals surface area contributed by atoms with Gasteiger partial charge in [-0.1, -0.05) is 6.07 Å². The van der Waals surface area contributed by atoms with Gasteiger partial charge in [-0.3, -0.25) is 10.1 Å². The lowest BCUT2D eigenvalue weighted by Gasteiger charge is -2.08. The van der Waals surface area contributed by atoms with Gasteiger partial charge in [0.05, 0.1) is 22.2 Å². The Hall–Kier alpha value is -2.15. The van der Waals surface area contributed by atoms with E-state index in [1.54, 1.807) is 36.6 Å². The number of aryl methyl sites for hydroxylation is 1. The summed E-state index contributed by atoms with van der Waals surface area (Å²) in [6.07, 6.45) is 0. The first-order valence-electron chi connectivity index (χ1n) is 5.72. The molecule has 0 spiro atoms. The first-order valence-corrected chi connectivity index (χ1v) is 6.60. The Bertz CT molecular complexity index is 597. The lowest BCUT2D eigenvalue weighted by Crippen LogP contribution is -2.05. The fourth-order valence-corrected chi connectivity index (χ4v) is 2.37. The average molecular weight is 278 g/mol. The van der Waals surface area contributed by atoms with Crippen LogP contribution in [0.3, 0.4) is 0 Å². The van der Waals surface area contributed by atoms with Gasteiger partial charge in [0.2, 0.25) is 0 Å². The number of nitro groups is 1. The van der Waals surface area contributed by atoms with Crippen LogP contribution in [-0.4, -0.2) is 17.0 Å². The molecule has 7 heteroatoms. The predicted molar refractivity (Wildman–Crippen MR) is 76.8 cm³/mol. The molecule has 2 N–H and O–H groups in total. The number of hydrogen-bond acceptors (Lipinski definition) is 6. The van der Waals surface area contributed by atoms with E-state index in [0.29, 0.717) is 17.9 Å². The van der Waals surface area contributed by atoms with E-state index >= 15 is 0 Å². The van der Waals surface area contributed by atoms with Crippen LogP contribution in [0.5, 0.6) is 0 Å². The largest absolute Gasteiger partial charge is 0.382 e. The summed E-state index contributed by atoms with van der Waals surface area (Å²) < 4.78 is 0. The molecule has 0 aliphatic rings. The van der Waals surface area contributed by atoms with Gasteiger partial charge in [-0.15, -0.1) is 11.3 Å². The van der Waals surface area contributed by atoms with Crippen LogP contribution in [0, 0.1) is 17.0 Å². The second kappa shape index (κ2) is 5.66. The highest BCUT2D eigenvalue weighted by Gasteiger charge is 2.18. The fraction of sp³-hybridized carbons (Fsp3) is 0.250. The van der Waals surface area contributed by atoms with Crippen LogP contribution < -0.4 is 10.6 Å². The van der Waals surface area contributed by atoms with Gasteiger partial charge in [0.1, 0.15) is 11.4 Å². The SMILES string of the molecule is CNc1cccc(NCc2csc(C)n2)c1[N+](=O)[O-]. The minimum absolute atomic E-state index is 0.0527. The van der Waals surface area contributed by atoms with Gasteiger partial charge in [-0.05, 0) is 19.1 Å². The summed E-state index contributed by atoms with van der Waals surface area (Å²) in [5.41, 5.74) is 1.91. The predicted octanol–water partition coefficient (Wildman–Crippen LogP) is 3.01. The Morgan fingerprint density at radius 2 is 2.16 bits per heavy atom. The number of para-hydroxylation sites is 1. The Kier molecular flexibility index (Phi) is 3.96. The van der Waals surface area contributed by atoms with Gasteiger partial charge in [0, 0.05) is 12.4 Å². The number of thiazole rings is 1. The van der Waals surface area contributed by atoms with E-state index in [-0.39, 0.29) is 10.6 Å². The van der Waals surface area contributed by atoms with E-state index in [4.69, 9.17) is 0 Å².